The van der Waals surface area contributed by atoms with Crippen LogP contribution >= 0.6 is 27.3 Å². The Kier molecular flexibility index (Phi) is 5.09. The highest BCUT2D eigenvalue weighted by atomic mass is 79.9. The van der Waals surface area contributed by atoms with Gasteiger partial charge in [0.15, 0.2) is 5.75 Å². The highest BCUT2D eigenvalue weighted by molar-refractivity contribution is 9.10. The van der Waals surface area contributed by atoms with E-state index in [1.807, 2.05) is 36.4 Å². The number of carbonyl (C=O) groups is 1. The summed E-state index contributed by atoms with van der Waals surface area (Å²) >= 11 is 5.25. The maximum absolute atomic E-state index is 11.1. The van der Waals surface area contributed by atoms with Crippen molar-refractivity contribution >= 4 is 43.1 Å². The third kappa shape index (κ3) is 3.87. The fourth-order valence-electron chi connectivity index (χ4n) is 3.50. The molecule has 1 aliphatic rings. The second-order valence-electron chi connectivity index (χ2n) is 7.53. The van der Waals surface area contributed by atoms with E-state index in [2.05, 4.69) is 53.2 Å². The first-order valence-corrected chi connectivity index (χ1v) is 11.4. The van der Waals surface area contributed by atoms with Gasteiger partial charge < -0.3 is 9.47 Å². The zero-order chi connectivity index (χ0) is 20.7. The quantitative estimate of drug-likeness (QED) is 0.297. The summed E-state index contributed by atoms with van der Waals surface area (Å²) in [5, 5.41) is 1.11. The van der Waals surface area contributed by atoms with Crippen molar-refractivity contribution < 1.29 is 14.3 Å². The second-order valence-corrected chi connectivity index (χ2v) is 9.49. The summed E-state index contributed by atoms with van der Waals surface area (Å²) < 4.78 is 14.5. The van der Waals surface area contributed by atoms with Gasteiger partial charge in [-0.3, -0.25) is 4.79 Å². The van der Waals surface area contributed by atoms with Crippen molar-refractivity contribution in [1.82, 2.24) is 0 Å². The minimum atomic E-state index is 0.0114. The number of halogens is 1. The summed E-state index contributed by atoms with van der Waals surface area (Å²) in [6.45, 7) is 2.10. The summed E-state index contributed by atoms with van der Waals surface area (Å²) in [6.07, 6.45) is 1.03. The van der Waals surface area contributed by atoms with Crippen molar-refractivity contribution in [2.24, 2.45) is 0 Å². The van der Waals surface area contributed by atoms with Crippen molar-refractivity contribution in [2.45, 2.75) is 25.9 Å². The third-order valence-corrected chi connectivity index (χ3v) is 6.88. The molecule has 1 aliphatic carbocycles. The lowest BCUT2D eigenvalue weighted by Crippen LogP contribution is -2.33. The number of fused-ring (bicyclic) bond motifs is 1. The minimum absolute atomic E-state index is 0.0114. The van der Waals surface area contributed by atoms with Crippen LogP contribution in [0.2, 0.25) is 0 Å². The summed E-state index contributed by atoms with van der Waals surface area (Å²) in [4.78, 5) is 12.2. The van der Waals surface area contributed by atoms with E-state index >= 15 is 0 Å². The molecule has 0 N–H and O–H groups in total. The van der Waals surface area contributed by atoms with Gasteiger partial charge in [0.1, 0.15) is 23.4 Å². The molecule has 1 heterocycles. The molecule has 0 unspecified atom stereocenters. The second kappa shape index (κ2) is 7.89. The highest BCUT2D eigenvalue weighted by Crippen LogP contribution is 2.46. The minimum Gasteiger partial charge on any atom is -0.490 e. The van der Waals surface area contributed by atoms with E-state index in [4.69, 9.17) is 9.47 Å². The van der Waals surface area contributed by atoms with Crippen molar-refractivity contribution in [1.29, 1.82) is 0 Å². The fourth-order valence-corrected chi connectivity index (χ4v) is 5.00. The normalized spacial score (nSPS) is 14.0. The van der Waals surface area contributed by atoms with Crippen LogP contribution in [0.25, 0.3) is 20.5 Å². The molecule has 0 atom stereocenters. The number of ether oxygens (including phenoxy) is 2. The number of hydrogen-bond donors (Lipinski definition) is 0. The SMILES string of the molecule is Cc1ccc2c(Oc3ccc(OC4CC(=O)C4)cc3)c(-c3ccc(Br)cc3)sc2c1. The molecule has 0 bridgehead atoms. The molecule has 0 saturated heterocycles. The zero-order valence-electron chi connectivity index (χ0n) is 16.4. The van der Waals surface area contributed by atoms with Gasteiger partial charge >= 0.3 is 0 Å². The van der Waals surface area contributed by atoms with E-state index in [1.165, 1.54) is 10.3 Å². The van der Waals surface area contributed by atoms with Gasteiger partial charge in [-0.05, 0) is 66.6 Å². The molecule has 5 heteroatoms. The molecule has 0 radical (unpaired) electrons. The number of aryl methyl sites for hydroxylation is 1. The molecule has 1 aromatic heterocycles. The fraction of sp³-hybridized carbons (Fsp3) is 0.160. The van der Waals surface area contributed by atoms with Crippen LogP contribution in [0.3, 0.4) is 0 Å². The Bertz CT molecular complexity index is 1220. The lowest BCUT2D eigenvalue weighted by molar-refractivity contribution is -0.129. The predicted octanol–water partition coefficient (Wildman–Crippen LogP) is 7.54. The monoisotopic (exact) mass is 478 g/mol. The molecule has 150 valence electrons. The average Bonchev–Trinajstić information content (AvgIpc) is 3.06. The number of ketones is 1. The number of benzene rings is 3. The van der Waals surface area contributed by atoms with Gasteiger partial charge in [-0.15, -0.1) is 11.3 Å². The maximum atomic E-state index is 11.1. The van der Waals surface area contributed by atoms with Gasteiger partial charge in [0.25, 0.3) is 0 Å². The lowest BCUT2D eigenvalue weighted by atomic mass is 9.94. The van der Waals surface area contributed by atoms with E-state index in [9.17, 15) is 4.79 Å². The molecule has 0 aliphatic heterocycles. The predicted molar refractivity (Wildman–Crippen MR) is 125 cm³/mol. The van der Waals surface area contributed by atoms with Crippen molar-refractivity contribution in [3.8, 4) is 27.7 Å². The van der Waals surface area contributed by atoms with E-state index in [-0.39, 0.29) is 11.9 Å². The Morgan fingerprint density at radius 1 is 0.933 bits per heavy atom. The first kappa shape index (κ1) is 19.3. The molecule has 30 heavy (non-hydrogen) atoms. The number of hydrogen-bond acceptors (Lipinski definition) is 4. The van der Waals surface area contributed by atoms with Gasteiger partial charge in [-0.25, -0.2) is 0 Å². The van der Waals surface area contributed by atoms with E-state index in [0.29, 0.717) is 12.8 Å². The lowest BCUT2D eigenvalue weighted by Gasteiger charge is -2.25. The Morgan fingerprint density at radius 3 is 2.33 bits per heavy atom. The van der Waals surface area contributed by atoms with Crippen molar-refractivity contribution in [3.63, 3.8) is 0 Å². The summed E-state index contributed by atoms with van der Waals surface area (Å²) in [5.74, 6) is 2.65. The van der Waals surface area contributed by atoms with Gasteiger partial charge in [0.05, 0.1) is 4.88 Å². The van der Waals surface area contributed by atoms with E-state index in [0.717, 1.165) is 37.5 Å². The first-order chi connectivity index (χ1) is 14.5. The van der Waals surface area contributed by atoms with E-state index in [1.54, 1.807) is 11.3 Å². The Hall–Kier alpha value is -2.63. The Morgan fingerprint density at radius 2 is 1.63 bits per heavy atom. The van der Waals surface area contributed by atoms with Crippen molar-refractivity contribution in [3.05, 3.63) is 76.8 Å². The summed E-state index contributed by atoms with van der Waals surface area (Å²) in [6, 6.07) is 22.4. The van der Waals surface area contributed by atoms with Crippen LogP contribution in [0.1, 0.15) is 18.4 Å². The van der Waals surface area contributed by atoms with Crippen LogP contribution in [0.4, 0.5) is 0 Å². The highest BCUT2D eigenvalue weighted by Gasteiger charge is 2.28. The molecule has 1 saturated carbocycles. The van der Waals surface area contributed by atoms with Crippen LogP contribution in [-0.2, 0) is 4.79 Å². The zero-order valence-corrected chi connectivity index (χ0v) is 18.8. The van der Waals surface area contributed by atoms with Crippen LogP contribution < -0.4 is 9.47 Å². The van der Waals surface area contributed by atoms with Gasteiger partial charge in [-0.2, -0.15) is 0 Å². The van der Waals surface area contributed by atoms with Crippen LogP contribution in [0.5, 0.6) is 17.2 Å². The molecule has 0 amide bonds. The summed E-state index contributed by atoms with van der Waals surface area (Å²) in [7, 11) is 0. The van der Waals surface area contributed by atoms with Crippen LogP contribution in [-0.4, -0.2) is 11.9 Å². The van der Waals surface area contributed by atoms with Gasteiger partial charge in [-0.1, -0.05) is 34.1 Å². The molecular formula is C25H19BrO3S. The maximum Gasteiger partial charge on any atom is 0.153 e. The molecule has 3 nitrogen and oxygen atoms in total. The number of thiophene rings is 1. The number of Topliss-reactive ketones (excluding diaryl/α,β-unsaturated/α-hetero) is 1. The molecule has 0 spiro atoms. The first-order valence-electron chi connectivity index (χ1n) is 9.80. The average molecular weight is 479 g/mol. The molecular weight excluding hydrogens is 460 g/mol. The molecule has 1 fully saturated rings. The van der Waals surface area contributed by atoms with Gasteiger partial charge in [0.2, 0.25) is 0 Å². The third-order valence-electron chi connectivity index (χ3n) is 5.16. The Balaban J connectivity index is 1.47. The summed E-state index contributed by atoms with van der Waals surface area (Å²) in [5.41, 5.74) is 2.36. The largest absolute Gasteiger partial charge is 0.490 e. The standard InChI is InChI=1S/C25H19BrO3S/c1-15-2-11-22-23(12-15)30-25(16-3-5-17(26)6-4-16)24(22)29-20-9-7-19(8-10-20)28-21-13-18(27)14-21/h2-12,21H,13-14H2,1H3. The Labute approximate surface area is 187 Å². The number of rotatable bonds is 5. The van der Waals surface area contributed by atoms with Gasteiger partial charge in [0, 0.05) is 27.4 Å². The molecule has 4 aromatic rings. The topological polar surface area (TPSA) is 35.5 Å². The molecule has 5 rings (SSSR count). The van der Waals surface area contributed by atoms with Crippen molar-refractivity contribution in [2.75, 3.05) is 0 Å². The smallest absolute Gasteiger partial charge is 0.153 e. The molecule has 3 aromatic carbocycles. The number of carbonyl (C=O) groups excluding carboxylic acids is 1. The van der Waals surface area contributed by atoms with Crippen LogP contribution in [0, 0.1) is 6.92 Å². The van der Waals surface area contributed by atoms with E-state index < -0.39 is 0 Å². The van der Waals surface area contributed by atoms with Crippen LogP contribution in [0.15, 0.2) is 71.2 Å².